The van der Waals surface area contributed by atoms with Crippen LogP contribution in [0.15, 0.2) is 73.2 Å². The molecule has 1 amide bonds. The summed E-state index contributed by atoms with van der Waals surface area (Å²) in [6.45, 7) is 1.85. The van der Waals surface area contributed by atoms with Crippen LogP contribution >= 0.6 is 0 Å². The van der Waals surface area contributed by atoms with Gasteiger partial charge in [0, 0.05) is 41.9 Å². The van der Waals surface area contributed by atoms with E-state index < -0.39 is 29.5 Å². The van der Waals surface area contributed by atoms with Crippen LogP contribution in [-0.4, -0.2) is 49.0 Å². The number of nitrogens with zero attached hydrogens (tertiary/aromatic N) is 4. The number of halogens is 3. The number of alkyl halides is 3. The van der Waals surface area contributed by atoms with Crippen molar-refractivity contribution in [1.29, 1.82) is 0 Å². The lowest BCUT2D eigenvalue weighted by atomic mass is 10.1. The number of aliphatic hydroxyl groups excluding tert-OH is 1. The lowest BCUT2D eigenvalue weighted by Crippen LogP contribution is -2.18. The van der Waals surface area contributed by atoms with Crippen LogP contribution in [0.4, 0.5) is 24.8 Å². The molecular weight excluding hydrogens is 489 g/mol. The van der Waals surface area contributed by atoms with Crippen LogP contribution < -0.4 is 10.6 Å². The Labute approximate surface area is 209 Å². The average molecular weight is 510 g/mol. The molecular formula is C25H21F3N6O3. The standard InChI is InChI=1S/C25H21F3N6O3/c1-15(35)14-31-24-30-9-8-20(33-24)34-11-10-29-22(34)21(36)16-4-3-7-19(13-16)32-23(37)17-5-2-6-18(12-17)25(26,27)28/h2-13,15,35H,14H2,1H3,(H,32,37)(H,30,31,33)/t15-/m0/s1. The van der Waals surface area contributed by atoms with Gasteiger partial charge in [0.25, 0.3) is 5.91 Å². The molecule has 0 aliphatic rings. The van der Waals surface area contributed by atoms with Gasteiger partial charge < -0.3 is 15.7 Å². The van der Waals surface area contributed by atoms with E-state index in [2.05, 4.69) is 25.6 Å². The van der Waals surface area contributed by atoms with Crippen molar-refractivity contribution in [3.63, 3.8) is 0 Å². The number of aromatic nitrogens is 4. The molecule has 0 saturated heterocycles. The summed E-state index contributed by atoms with van der Waals surface area (Å²) < 4.78 is 40.4. The van der Waals surface area contributed by atoms with Crippen molar-refractivity contribution < 1.29 is 27.9 Å². The van der Waals surface area contributed by atoms with E-state index in [9.17, 15) is 27.9 Å². The molecule has 9 nitrogen and oxygen atoms in total. The Balaban J connectivity index is 1.55. The molecule has 0 saturated carbocycles. The molecule has 0 radical (unpaired) electrons. The van der Waals surface area contributed by atoms with Crippen LogP contribution in [0.25, 0.3) is 5.82 Å². The minimum absolute atomic E-state index is 0.0431. The normalized spacial score (nSPS) is 12.1. The average Bonchev–Trinajstić information content (AvgIpc) is 3.37. The molecule has 2 heterocycles. The number of nitrogens with one attached hydrogen (secondary N) is 2. The quantitative estimate of drug-likeness (QED) is 0.307. The third-order valence-corrected chi connectivity index (χ3v) is 5.12. The Morgan fingerprint density at radius 3 is 2.54 bits per heavy atom. The maximum Gasteiger partial charge on any atom is 0.416 e. The smallest absolute Gasteiger partial charge is 0.392 e. The van der Waals surface area contributed by atoms with Gasteiger partial charge in [-0.15, -0.1) is 0 Å². The number of benzene rings is 2. The second-order valence-electron chi connectivity index (χ2n) is 8.03. The molecule has 190 valence electrons. The van der Waals surface area contributed by atoms with Crippen LogP contribution in [0, 0.1) is 0 Å². The minimum Gasteiger partial charge on any atom is -0.392 e. The molecule has 4 rings (SSSR count). The van der Waals surface area contributed by atoms with E-state index in [0.29, 0.717) is 5.82 Å². The number of aliphatic hydroxyl groups is 1. The van der Waals surface area contributed by atoms with Gasteiger partial charge >= 0.3 is 6.18 Å². The fourth-order valence-electron chi connectivity index (χ4n) is 3.37. The van der Waals surface area contributed by atoms with Crippen LogP contribution in [-0.2, 0) is 6.18 Å². The number of amides is 1. The second-order valence-corrected chi connectivity index (χ2v) is 8.03. The van der Waals surface area contributed by atoms with Gasteiger partial charge in [0.05, 0.1) is 11.7 Å². The fourth-order valence-corrected chi connectivity index (χ4v) is 3.37. The van der Waals surface area contributed by atoms with Crippen molar-refractivity contribution in [2.24, 2.45) is 0 Å². The summed E-state index contributed by atoms with van der Waals surface area (Å²) in [7, 11) is 0. The van der Waals surface area contributed by atoms with Gasteiger partial charge in [0.2, 0.25) is 11.7 Å². The summed E-state index contributed by atoms with van der Waals surface area (Å²) in [5.74, 6) is -0.572. The first kappa shape index (κ1) is 25.5. The van der Waals surface area contributed by atoms with Crippen LogP contribution in [0.1, 0.15) is 39.0 Å². The Morgan fingerprint density at radius 1 is 1.03 bits per heavy atom. The zero-order valence-electron chi connectivity index (χ0n) is 19.4. The first-order chi connectivity index (χ1) is 17.6. The Hall–Kier alpha value is -4.58. The van der Waals surface area contributed by atoms with E-state index in [1.807, 2.05) is 0 Å². The third-order valence-electron chi connectivity index (χ3n) is 5.12. The molecule has 0 bridgehead atoms. The second kappa shape index (κ2) is 10.6. The predicted octanol–water partition coefficient (Wildman–Crippen LogP) is 3.96. The predicted molar refractivity (Wildman–Crippen MR) is 129 cm³/mol. The number of carbonyl (C=O) groups excluding carboxylic acids is 2. The van der Waals surface area contributed by atoms with Gasteiger partial charge in [-0.25, -0.2) is 9.97 Å². The number of hydrogen-bond acceptors (Lipinski definition) is 7. The maximum absolute atomic E-state index is 13.3. The Bertz CT molecular complexity index is 1430. The van der Waals surface area contributed by atoms with E-state index >= 15 is 0 Å². The summed E-state index contributed by atoms with van der Waals surface area (Å²) in [5, 5.41) is 14.9. The van der Waals surface area contributed by atoms with Crippen molar-refractivity contribution in [2.45, 2.75) is 19.2 Å². The largest absolute Gasteiger partial charge is 0.416 e. The van der Waals surface area contributed by atoms with E-state index in [1.54, 1.807) is 19.2 Å². The van der Waals surface area contributed by atoms with Gasteiger partial charge in [0.15, 0.2) is 5.82 Å². The van der Waals surface area contributed by atoms with Crippen molar-refractivity contribution in [3.8, 4) is 5.82 Å². The maximum atomic E-state index is 13.3. The van der Waals surface area contributed by atoms with Gasteiger partial charge in [0.1, 0.15) is 5.82 Å². The van der Waals surface area contributed by atoms with Gasteiger partial charge in [-0.2, -0.15) is 18.2 Å². The molecule has 0 aliphatic heterocycles. The number of hydrogen-bond donors (Lipinski definition) is 3. The molecule has 4 aromatic rings. The molecule has 0 fully saturated rings. The number of imidazole rings is 1. The van der Waals surface area contributed by atoms with E-state index in [0.717, 1.165) is 18.2 Å². The molecule has 0 aliphatic carbocycles. The minimum atomic E-state index is -4.58. The van der Waals surface area contributed by atoms with Crippen molar-refractivity contribution >= 4 is 23.3 Å². The molecule has 1 atom stereocenters. The van der Waals surface area contributed by atoms with Gasteiger partial charge in [-0.1, -0.05) is 18.2 Å². The molecule has 3 N–H and O–H groups in total. The highest BCUT2D eigenvalue weighted by Gasteiger charge is 2.31. The van der Waals surface area contributed by atoms with Crippen LogP contribution in [0.5, 0.6) is 0 Å². The monoisotopic (exact) mass is 510 g/mol. The summed E-state index contributed by atoms with van der Waals surface area (Å²) in [6.07, 6.45) is -0.725. The van der Waals surface area contributed by atoms with Gasteiger partial charge in [-0.3, -0.25) is 14.2 Å². The summed E-state index contributed by atoms with van der Waals surface area (Å²) >= 11 is 0. The molecule has 12 heteroatoms. The first-order valence-electron chi connectivity index (χ1n) is 11.0. The van der Waals surface area contributed by atoms with E-state index in [4.69, 9.17) is 0 Å². The molecule has 0 spiro atoms. The summed E-state index contributed by atoms with van der Waals surface area (Å²) in [4.78, 5) is 38.4. The van der Waals surface area contributed by atoms with E-state index in [1.165, 1.54) is 47.3 Å². The van der Waals surface area contributed by atoms with Crippen molar-refractivity contribution in [3.05, 3.63) is 95.7 Å². The number of ketones is 1. The van der Waals surface area contributed by atoms with Crippen LogP contribution in [0.3, 0.4) is 0 Å². The Kier molecular flexibility index (Phi) is 7.30. The Morgan fingerprint density at radius 2 is 1.78 bits per heavy atom. The topological polar surface area (TPSA) is 122 Å². The lowest BCUT2D eigenvalue weighted by molar-refractivity contribution is -0.137. The molecule has 2 aromatic carbocycles. The highest BCUT2D eigenvalue weighted by atomic mass is 19.4. The number of carbonyl (C=O) groups is 2. The fraction of sp³-hybridized carbons (Fsp3) is 0.160. The SMILES string of the molecule is C[C@H](O)CNc1nccc(-n2ccnc2C(=O)c2cccc(NC(=O)c3cccc(C(F)(F)F)c3)c2)n1. The van der Waals surface area contributed by atoms with Crippen LogP contribution in [0.2, 0.25) is 0 Å². The van der Waals surface area contributed by atoms with Gasteiger partial charge in [-0.05, 0) is 43.3 Å². The van der Waals surface area contributed by atoms with E-state index in [-0.39, 0.29) is 35.1 Å². The molecule has 2 aromatic heterocycles. The number of rotatable bonds is 8. The molecule has 37 heavy (non-hydrogen) atoms. The zero-order valence-corrected chi connectivity index (χ0v) is 19.4. The third kappa shape index (κ3) is 6.16. The highest BCUT2D eigenvalue weighted by Crippen LogP contribution is 2.29. The highest BCUT2D eigenvalue weighted by molar-refractivity contribution is 6.09. The summed E-state index contributed by atoms with van der Waals surface area (Å²) in [5.41, 5.74) is -0.704. The van der Waals surface area contributed by atoms with Crippen molar-refractivity contribution in [1.82, 2.24) is 19.5 Å². The lowest BCUT2D eigenvalue weighted by Gasteiger charge is -2.11. The zero-order chi connectivity index (χ0) is 26.6. The first-order valence-corrected chi connectivity index (χ1v) is 11.0. The number of anilines is 2. The molecule has 0 unspecified atom stereocenters. The van der Waals surface area contributed by atoms with Crippen molar-refractivity contribution in [2.75, 3.05) is 17.2 Å². The summed E-state index contributed by atoms with van der Waals surface area (Å²) in [6, 6.07) is 11.6.